The van der Waals surface area contributed by atoms with Crippen molar-refractivity contribution in [2.45, 2.75) is 46.4 Å². The Bertz CT molecular complexity index is 453. The molecular weight excluding hydrogens is 256 g/mol. The van der Waals surface area contributed by atoms with E-state index in [1.54, 1.807) is 24.3 Å². The van der Waals surface area contributed by atoms with E-state index in [0.717, 1.165) is 5.56 Å². The lowest BCUT2D eigenvalue weighted by Gasteiger charge is -2.11. The summed E-state index contributed by atoms with van der Waals surface area (Å²) in [6.45, 7) is 7.83. The highest BCUT2D eigenvalue weighted by Gasteiger charge is 2.09. The molecule has 0 aliphatic rings. The summed E-state index contributed by atoms with van der Waals surface area (Å²) in [5.41, 5.74) is 1.43. The van der Waals surface area contributed by atoms with Crippen molar-refractivity contribution < 1.29 is 14.3 Å². The maximum atomic E-state index is 11.7. The average Bonchev–Trinajstić information content (AvgIpc) is 2.35. The van der Waals surface area contributed by atoms with E-state index in [0.29, 0.717) is 12.1 Å². The molecule has 1 aromatic rings. The lowest BCUT2D eigenvalue weighted by Crippen LogP contribution is -2.39. The van der Waals surface area contributed by atoms with Crippen molar-refractivity contribution in [2.24, 2.45) is 0 Å². The molecule has 0 aromatic heterocycles. The van der Waals surface area contributed by atoms with Crippen LogP contribution in [-0.2, 0) is 11.3 Å². The number of hydrogen-bond acceptors (Lipinski definition) is 3. The number of carbonyl (C=O) groups is 2. The van der Waals surface area contributed by atoms with E-state index < -0.39 is 0 Å². The summed E-state index contributed by atoms with van der Waals surface area (Å²) in [6, 6.07) is 6.88. The molecule has 0 spiro atoms. The van der Waals surface area contributed by atoms with Gasteiger partial charge in [0.2, 0.25) is 0 Å². The van der Waals surface area contributed by atoms with Gasteiger partial charge in [0.05, 0.1) is 11.7 Å². The molecule has 5 nitrogen and oxygen atoms in total. The van der Waals surface area contributed by atoms with Crippen LogP contribution in [-0.4, -0.2) is 24.1 Å². The number of ether oxygens (including phenoxy) is 1. The Kier molecular flexibility index (Phi) is 6.03. The molecule has 20 heavy (non-hydrogen) atoms. The first-order valence-corrected chi connectivity index (χ1v) is 6.72. The number of nitrogens with one attached hydrogen (secondary N) is 2. The minimum Gasteiger partial charge on any atom is -0.459 e. The van der Waals surface area contributed by atoms with E-state index in [1.807, 2.05) is 27.7 Å². The third kappa shape index (κ3) is 5.73. The summed E-state index contributed by atoms with van der Waals surface area (Å²) in [5, 5.41) is 5.48. The highest BCUT2D eigenvalue weighted by atomic mass is 16.5. The molecule has 0 aliphatic carbocycles. The minimum absolute atomic E-state index is 0.100. The van der Waals surface area contributed by atoms with E-state index >= 15 is 0 Å². The second kappa shape index (κ2) is 7.53. The van der Waals surface area contributed by atoms with Gasteiger partial charge in [-0.3, -0.25) is 0 Å². The number of benzene rings is 1. The largest absolute Gasteiger partial charge is 0.459 e. The predicted molar refractivity (Wildman–Crippen MR) is 77.5 cm³/mol. The molecule has 2 amide bonds. The highest BCUT2D eigenvalue weighted by Crippen LogP contribution is 2.07. The summed E-state index contributed by atoms with van der Waals surface area (Å²) in [7, 11) is 0. The van der Waals surface area contributed by atoms with Crippen LogP contribution in [0.15, 0.2) is 24.3 Å². The van der Waals surface area contributed by atoms with Gasteiger partial charge in [-0.1, -0.05) is 12.1 Å². The van der Waals surface area contributed by atoms with Crippen LogP contribution < -0.4 is 10.6 Å². The van der Waals surface area contributed by atoms with Crippen LogP contribution in [0.3, 0.4) is 0 Å². The summed E-state index contributed by atoms with van der Waals surface area (Å²) in [4.78, 5) is 23.1. The molecular formula is C15H22N2O3. The predicted octanol–water partition coefficient (Wildman–Crippen LogP) is 2.46. The molecule has 0 radical (unpaired) electrons. The average molecular weight is 278 g/mol. The fraction of sp³-hybridized carbons (Fsp3) is 0.467. The molecule has 1 rings (SSSR count). The maximum Gasteiger partial charge on any atom is 0.338 e. The summed E-state index contributed by atoms with van der Waals surface area (Å²) in [6.07, 6.45) is -0.136. The summed E-state index contributed by atoms with van der Waals surface area (Å²) in [5.74, 6) is -0.336. The molecule has 0 heterocycles. The van der Waals surface area contributed by atoms with Gasteiger partial charge in [0.1, 0.15) is 0 Å². The van der Waals surface area contributed by atoms with Crippen LogP contribution in [0.25, 0.3) is 0 Å². The van der Waals surface area contributed by atoms with Crippen molar-refractivity contribution in [3.05, 3.63) is 35.4 Å². The van der Waals surface area contributed by atoms with Crippen LogP contribution in [0, 0.1) is 0 Å². The second-order valence-corrected chi connectivity index (χ2v) is 5.13. The van der Waals surface area contributed by atoms with Gasteiger partial charge in [-0.15, -0.1) is 0 Å². The first-order valence-electron chi connectivity index (χ1n) is 6.72. The van der Waals surface area contributed by atoms with Crippen molar-refractivity contribution in [3.63, 3.8) is 0 Å². The van der Waals surface area contributed by atoms with Crippen molar-refractivity contribution in [1.82, 2.24) is 10.6 Å². The Hall–Kier alpha value is -2.04. The first kappa shape index (κ1) is 16.0. The lowest BCUT2D eigenvalue weighted by atomic mass is 10.1. The van der Waals surface area contributed by atoms with Gasteiger partial charge in [-0.2, -0.15) is 0 Å². The molecule has 0 saturated heterocycles. The van der Waals surface area contributed by atoms with Gasteiger partial charge < -0.3 is 15.4 Å². The number of hydrogen-bond donors (Lipinski definition) is 2. The van der Waals surface area contributed by atoms with Crippen LogP contribution >= 0.6 is 0 Å². The SMILES string of the molecule is CC(C)NC(=O)NCc1ccc(C(=O)OC(C)C)cc1. The molecule has 110 valence electrons. The topological polar surface area (TPSA) is 67.4 Å². The Morgan fingerprint density at radius 2 is 1.70 bits per heavy atom. The van der Waals surface area contributed by atoms with Crippen molar-refractivity contribution in [1.29, 1.82) is 0 Å². The normalized spacial score (nSPS) is 10.5. The molecule has 0 bridgehead atoms. The van der Waals surface area contributed by atoms with Gasteiger partial charge >= 0.3 is 12.0 Å². The molecule has 0 aliphatic heterocycles. The van der Waals surface area contributed by atoms with Gasteiger partial charge in [0.25, 0.3) is 0 Å². The Morgan fingerprint density at radius 1 is 1.10 bits per heavy atom. The molecule has 0 saturated carbocycles. The number of amides is 2. The number of carbonyl (C=O) groups excluding carboxylic acids is 2. The number of rotatable bonds is 5. The van der Waals surface area contributed by atoms with E-state index in [1.165, 1.54) is 0 Å². The fourth-order valence-electron chi connectivity index (χ4n) is 1.54. The van der Waals surface area contributed by atoms with Gasteiger partial charge in [0.15, 0.2) is 0 Å². The van der Waals surface area contributed by atoms with E-state index in [-0.39, 0.29) is 24.1 Å². The van der Waals surface area contributed by atoms with Crippen LogP contribution in [0.5, 0.6) is 0 Å². The van der Waals surface area contributed by atoms with E-state index in [2.05, 4.69) is 10.6 Å². The highest BCUT2D eigenvalue weighted by molar-refractivity contribution is 5.89. The Balaban J connectivity index is 2.50. The molecule has 0 atom stereocenters. The van der Waals surface area contributed by atoms with E-state index in [4.69, 9.17) is 4.74 Å². The third-order valence-electron chi connectivity index (χ3n) is 2.41. The third-order valence-corrected chi connectivity index (χ3v) is 2.41. The quantitative estimate of drug-likeness (QED) is 0.813. The smallest absolute Gasteiger partial charge is 0.338 e. The minimum atomic E-state index is -0.336. The molecule has 2 N–H and O–H groups in total. The van der Waals surface area contributed by atoms with Crippen LogP contribution in [0.2, 0.25) is 0 Å². The maximum absolute atomic E-state index is 11.7. The summed E-state index contributed by atoms with van der Waals surface area (Å²) >= 11 is 0. The summed E-state index contributed by atoms with van der Waals surface area (Å²) < 4.78 is 5.10. The van der Waals surface area contributed by atoms with Crippen LogP contribution in [0.4, 0.5) is 4.79 Å². The monoisotopic (exact) mass is 278 g/mol. The first-order chi connectivity index (χ1) is 9.38. The number of urea groups is 1. The van der Waals surface area contributed by atoms with Crippen molar-refractivity contribution in [2.75, 3.05) is 0 Å². The molecule has 1 aromatic carbocycles. The second-order valence-electron chi connectivity index (χ2n) is 5.13. The molecule has 0 fully saturated rings. The zero-order valence-electron chi connectivity index (χ0n) is 12.4. The Labute approximate surface area is 119 Å². The molecule has 5 heteroatoms. The van der Waals surface area contributed by atoms with Crippen molar-refractivity contribution >= 4 is 12.0 Å². The standard InChI is InChI=1S/C15H22N2O3/c1-10(2)17-15(19)16-9-12-5-7-13(8-6-12)14(18)20-11(3)4/h5-8,10-11H,9H2,1-4H3,(H2,16,17,19). The zero-order valence-corrected chi connectivity index (χ0v) is 12.4. The van der Waals surface area contributed by atoms with Crippen LogP contribution in [0.1, 0.15) is 43.6 Å². The zero-order chi connectivity index (χ0) is 15.1. The van der Waals surface area contributed by atoms with Gasteiger partial charge in [-0.25, -0.2) is 9.59 Å². The fourth-order valence-corrected chi connectivity index (χ4v) is 1.54. The molecule has 0 unspecified atom stereocenters. The number of esters is 1. The van der Waals surface area contributed by atoms with Crippen molar-refractivity contribution in [3.8, 4) is 0 Å². The van der Waals surface area contributed by atoms with Gasteiger partial charge in [0, 0.05) is 12.6 Å². The van der Waals surface area contributed by atoms with E-state index in [9.17, 15) is 9.59 Å². The Morgan fingerprint density at radius 3 is 2.20 bits per heavy atom. The lowest BCUT2D eigenvalue weighted by molar-refractivity contribution is 0.0378. The van der Waals surface area contributed by atoms with Gasteiger partial charge in [-0.05, 0) is 45.4 Å².